The summed E-state index contributed by atoms with van der Waals surface area (Å²) in [5.41, 5.74) is 2.56. The Kier molecular flexibility index (Phi) is 6.73. The Bertz CT molecular complexity index is 443. The summed E-state index contributed by atoms with van der Waals surface area (Å²) in [4.78, 5) is 3.99. The molecular formula is C14H16Cl2N2. The maximum absolute atomic E-state index is 5.83. The zero-order chi connectivity index (χ0) is 11.9. The zero-order valence-corrected chi connectivity index (χ0v) is 11.5. The van der Waals surface area contributed by atoms with E-state index in [1.54, 1.807) is 0 Å². The summed E-state index contributed by atoms with van der Waals surface area (Å²) in [6.45, 7) is 1.85. The molecule has 0 radical (unpaired) electrons. The van der Waals surface area contributed by atoms with Crippen molar-refractivity contribution in [3.8, 4) is 0 Å². The highest BCUT2D eigenvalue weighted by molar-refractivity contribution is 6.30. The molecule has 1 N–H and O–H groups in total. The Labute approximate surface area is 119 Å². The third-order valence-corrected chi connectivity index (χ3v) is 2.83. The average Bonchev–Trinajstić information content (AvgIpc) is 2.38. The molecule has 0 amide bonds. The summed E-state index contributed by atoms with van der Waals surface area (Å²) in [5, 5.41) is 4.19. The first-order valence-electron chi connectivity index (χ1n) is 5.68. The van der Waals surface area contributed by atoms with E-state index in [1.807, 2.05) is 36.7 Å². The monoisotopic (exact) mass is 282 g/mol. The molecule has 18 heavy (non-hydrogen) atoms. The van der Waals surface area contributed by atoms with Crippen LogP contribution in [-0.4, -0.2) is 11.5 Å². The Hall–Kier alpha value is -1.09. The second-order valence-corrected chi connectivity index (χ2v) is 4.35. The summed E-state index contributed by atoms with van der Waals surface area (Å²) in [5.74, 6) is 0. The van der Waals surface area contributed by atoms with E-state index in [2.05, 4.69) is 22.4 Å². The largest absolute Gasteiger partial charge is 0.312 e. The second kappa shape index (κ2) is 8.09. The van der Waals surface area contributed by atoms with Crippen molar-refractivity contribution in [1.82, 2.24) is 10.3 Å². The number of hydrogen-bond donors (Lipinski definition) is 1. The van der Waals surface area contributed by atoms with Gasteiger partial charge in [0.15, 0.2) is 0 Å². The Balaban J connectivity index is 0.00000162. The van der Waals surface area contributed by atoms with Crippen LogP contribution in [-0.2, 0) is 13.0 Å². The van der Waals surface area contributed by atoms with Gasteiger partial charge in [0.2, 0.25) is 0 Å². The van der Waals surface area contributed by atoms with Crippen molar-refractivity contribution < 1.29 is 0 Å². The van der Waals surface area contributed by atoms with Crippen molar-refractivity contribution in [2.24, 2.45) is 0 Å². The summed E-state index contributed by atoms with van der Waals surface area (Å²) in [6, 6.07) is 12.0. The Morgan fingerprint density at radius 2 is 1.61 bits per heavy atom. The van der Waals surface area contributed by atoms with E-state index in [0.29, 0.717) is 0 Å². The van der Waals surface area contributed by atoms with Crippen LogP contribution in [0.1, 0.15) is 11.1 Å². The zero-order valence-electron chi connectivity index (χ0n) is 9.97. The van der Waals surface area contributed by atoms with E-state index in [9.17, 15) is 0 Å². The first-order chi connectivity index (χ1) is 8.34. The molecule has 0 aliphatic rings. The molecule has 0 spiro atoms. The van der Waals surface area contributed by atoms with Crippen LogP contribution in [0.25, 0.3) is 0 Å². The summed E-state index contributed by atoms with van der Waals surface area (Å²) < 4.78 is 0. The number of hydrogen-bond acceptors (Lipinski definition) is 2. The fourth-order valence-corrected chi connectivity index (χ4v) is 1.74. The third-order valence-electron chi connectivity index (χ3n) is 2.58. The van der Waals surface area contributed by atoms with E-state index in [0.717, 1.165) is 24.5 Å². The molecule has 0 saturated carbocycles. The SMILES string of the molecule is Cl.Clc1ccc(CCNCc2ccncc2)cc1. The molecule has 0 aliphatic carbocycles. The number of benzene rings is 1. The average molecular weight is 283 g/mol. The lowest BCUT2D eigenvalue weighted by atomic mass is 10.1. The van der Waals surface area contributed by atoms with E-state index in [-0.39, 0.29) is 12.4 Å². The fourth-order valence-electron chi connectivity index (χ4n) is 1.62. The normalized spacial score (nSPS) is 9.83. The number of rotatable bonds is 5. The minimum atomic E-state index is 0. The number of nitrogens with one attached hydrogen (secondary N) is 1. The molecule has 96 valence electrons. The van der Waals surface area contributed by atoms with E-state index < -0.39 is 0 Å². The molecule has 2 rings (SSSR count). The molecule has 0 aliphatic heterocycles. The Morgan fingerprint density at radius 3 is 2.28 bits per heavy atom. The number of nitrogens with zero attached hydrogens (tertiary/aromatic N) is 1. The molecule has 0 unspecified atom stereocenters. The van der Waals surface area contributed by atoms with Crippen LogP contribution in [0.15, 0.2) is 48.8 Å². The number of halogens is 2. The lowest BCUT2D eigenvalue weighted by Crippen LogP contribution is -2.16. The van der Waals surface area contributed by atoms with E-state index in [1.165, 1.54) is 11.1 Å². The molecule has 2 aromatic rings. The molecule has 4 heteroatoms. The molecule has 1 aromatic carbocycles. The lowest BCUT2D eigenvalue weighted by molar-refractivity contribution is 0.686. The first kappa shape index (κ1) is 15.0. The highest BCUT2D eigenvalue weighted by atomic mass is 35.5. The van der Waals surface area contributed by atoms with Gasteiger partial charge in [0.1, 0.15) is 0 Å². The van der Waals surface area contributed by atoms with Gasteiger partial charge in [0.05, 0.1) is 0 Å². The van der Waals surface area contributed by atoms with Crippen LogP contribution in [0.2, 0.25) is 5.02 Å². The fraction of sp³-hybridized carbons (Fsp3) is 0.214. The predicted molar refractivity (Wildman–Crippen MR) is 78.3 cm³/mol. The maximum atomic E-state index is 5.83. The van der Waals surface area contributed by atoms with Crippen molar-refractivity contribution >= 4 is 24.0 Å². The molecule has 1 aromatic heterocycles. The number of aromatic nitrogens is 1. The van der Waals surface area contributed by atoms with Crippen LogP contribution in [0.4, 0.5) is 0 Å². The standard InChI is InChI=1S/C14H15ClN2.ClH/c15-14-3-1-12(2-4-14)5-10-17-11-13-6-8-16-9-7-13;/h1-4,6-9,17H,5,10-11H2;1H. The van der Waals surface area contributed by atoms with Crippen molar-refractivity contribution in [3.63, 3.8) is 0 Å². The van der Waals surface area contributed by atoms with Gasteiger partial charge in [-0.25, -0.2) is 0 Å². The Morgan fingerprint density at radius 1 is 0.944 bits per heavy atom. The smallest absolute Gasteiger partial charge is 0.0406 e. The van der Waals surface area contributed by atoms with Gasteiger partial charge in [-0.3, -0.25) is 4.98 Å². The summed E-state index contributed by atoms with van der Waals surface area (Å²) in [6.07, 6.45) is 4.65. The van der Waals surface area contributed by atoms with Crippen LogP contribution in [0.3, 0.4) is 0 Å². The molecule has 0 atom stereocenters. The van der Waals surface area contributed by atoms with Crippen molar-refractivity contribution in [3.05, 3.63) is 64.9 Å². The minimum absolute atomic E-state index is 0. The van der Waals surface area contributed by atoms with Crippen LogP contribution in [0.5, 0.6) is 0 Å². The first-order valence-corrected chi connectivity index (χ1v) is 6.06. The lowest BCUT2D eigenvalue weighted by Gasteiger charge is -2.05. The van der Waals surface area contributed by atoms with E-state index >= 15 is 0 Å². The molecule has 2 nitrogen and oxygen atoms in total. The van der Waals surface area contributed by atoms with Gasteiger partial charge in [-0.2, -0.15) is 0 Å². The molecule has 0 saturated heterocycles. The highest BCUT2D eigenvalue weighted by Crippen LogP contribution is 2.09. The molecule has 0 fully saturated rings. The number of pyridine rings is 1. The third kappa shape index (κ3) is 5.05. The predicted octanol–water partition coefficient (Wildman–Crippen LogP) is 3.49. The molecule has 1 heterocycles. The van der Waals surface area contributed by atoms with Gasteiger partial charge >= 0.3 is 0 Å². The topological polar surface area (TPSA) is 24.9 Å². The van der Waals surface area contributed by atoms with Gasteiger partial charge in [-0.15, -0.1) is 12.4 Å². The van der Waals surface area contributed by atoms with Crippen LogP contribution in [0, 0.1) is 0 Å². The van der Waals surface area contributed by atoms with Crippen molar-refractivity contribution in [1.29, 1.82) is 0 Å². The quantitative estimate of drug-likeness (QED) is 0.850. The van der Waals surface area contributed by atoms with Gasteiger partial charge in [0, 0.05) is 24.0 Å². The van der Waals surface area contributed by atoms with Gasteiger partial charge in [0.25, 0.3) is 0 Å². The summed E-state index contributed by atoms with van der Waals surface area (Å²) >= 11 is 5.83. The highest BCUT2D eigenvalue weighted by Gasteiger charge is 1.94. The van der Waals surface area contributed by atoms with Gasteiger partial charge in [-0.05, 0) is 48.4 Å². The van der Waals surface area contributed by atoms with Crippen LogP contribution < -0.4 is 5.32 Å². The van der Waals surface area contributed by atoms with Crippen LogP contribution >= 0.6 is 24.0 Å². The van der Waals surface area contributed by atoms with Gasteiger partial charge in [-0.1, -0.05) is 23.7 Å². The van der Waals surface area contributed by atoms with E-state index in [4.69, 9.17) is 11.6 Å². The van der Waals surface area contributed by atoms with Gasteiger partial charge < -0.3 is 5.32 Å². The molecule has 0 bridgehead atoms. The maximum Gasteiger partial charge on any atom is 0.0406 e. The van der Waals surface area contributed by atoms with Crippen molar-refractivity contribution in [2.45, 2.75) is 13.0 Å². The summed E-state index contributed by atoms with van der Waals surface area (Å²) in [7, 11) is 0. The minimum Gasteiger partial charge on any atom is -0.312 e. The second-order valence-electron chi connectivity index (χ2n) is 3.91. The molecular weight excluding hydrogens is 267 g/mol. The van der Waals surface area contributed by atoms with Crippen molar-refractivity contribution in [2.75, 3.05) is 6.54 Å².